The molecule has 2 unspecified atom stereocenters. The number of carboxylic acid groups (broad SMARTS) is 1. The molecule has 1 fully saturated rings. The molecule has 6 heteroatoms. The number of nitrogens with zero attached hydrogens (tertiary/aromatic N) is 4. The number of pyridine rings is 1. The maximum absolute atomic E-state index is 11.4. The van der Waals surface area contributed by atoms with Gasteiger partial charge in [0, 0.05) is 30.5 Å². The Bertz CT molecular complexity index is 748. The van der Waals surface area contributed by atoms with Crippen LogP contribution in [0.1, 0.15) is 24.6 Å². The minimum atomic E-state index is -0.736. The van der Waals surface area contributed by atoms with Crippen LogP contribution in [-0.4, -0.2) is 39.1 Å². The highest BCUT2D eigenvalue weighted by Crippen LogP contribution is 2.29. The third-order valence-electron chi connectivity index (χ3n) is 4.57. The molecule has 2 atom stereocenters. The van der Waals surface area contributed by atoms with E-state index in [4.69, 9.17) is 4.98 Å². The lowest BCUT2D eigenvalue weighted by Gasteiger charge is -2.36. The first-order chi connectivity index (χ1) is 11.5. The van der Waals surface area contributed by atoms with Crippen LogP contribution in [0.4, 0.5) is 5.82 Å². The Morgan fingerprint density at radius 2 is 2.04 bits per heavy atom. The van der Waals surface area contributed by atoms with Crippen molar-refractivity contribution in [1.29, 1.82) is 0 Å². The number of carboxylic acids is 1. The summed E-state index contributed by atoms with van der Waals surface area (Å²) < 4.78 is 0. The van der Waals surface area contributed by atoms with Gasteiger partial charge in [0.2, 0.25) is 0 Å². The molecule has 3 rings (SSSR count). The van der Waals surface area contributed by atoms with Crippen molar-refractivity contribution >= 4 is 11.8 Å². The van der Waals surface area contributed by atoms with Gasteiger partial charge in [0.1, 0.15) is 11.5 Å². The average Bonchev–Trinajstić information content (AvgIpc) is 2.57. The number of hydrogen-bond donors (Lipinski definition) is 1. The van der Waals surface area contributed by atoms with Gasteiger partial charge < -0.3 is 10.0 Å². The SMILES string of the molecule is Cc1nc(-c2ccccn2)nc(N2CC(C)CC(C(=O)O)C2)c1C. The topological polar surface area (TPSA) is 79.2 Å². The number of piperidine rings is 1. The lowest BCUT2D eigenvalue weighted by Crippen LogP contribution is -2.43. The summed E-state index contributed by atoms with van der Waals surface area (Å²) in [5, 5.41) is 9.41. The molecular weight excluding hydrogens is 304 g/mol. The molecule has 1 aliphatic rings. The van der Waals surface area contributed by atoms with Gasteiger partial charge >= 0.3 is 5.97 Å². The van der Waals surface area contributed by atoms with Crippen LogP contribution in [0.2, 0.25) is 0 Å². The van der Waals surface area contributed by atoms with Gasteiger partial charge in [0.15, 0.2) is 5.82 Å². The molecule has 6 nitrogen and oxygen atoms in total. The second kappa shape index (κ2) is 6.55. The second-order valence-electron chi connectivity index (χ2n) is 6.58. The molecule has 0 aromatic carbocycles. The summed E-state index contributed by atoms with van der Waals surface area (Å²) >= 11 is 0. The average molecular weight is 326 g/mol. The van der Waals surface area contributed by atoms with Crippen LogP contribution in [0.25, 0.3) is 11.5 Å². The first kappa shape index (κ1) is 16.4. The number of aromatic nitrogens is 3. The summed E-state index contributed by atoms with van der Waals surface area (Å²) in [6, 6.07) is 5.64. The third-order valence-corrected chi connectivity index (χ3v) is 4.57. The Balaban J connectivity index is 2.00. The predicted octanol–water partition coefficient (Wildman–Crippen LogP) is 2.70. The molecule has 24 heavy (non-hydrogen) atoms. The highest BCUT2D eigenvalue weighted by Gasteiger charge is 2.31. The molecule has 3 heterocycles. The lowest BCUT2D eigenvalue weighted by atomic mass is 9.90. The molecule has 0 saturated carbocycles. The molecule has 0 aliphatic carbocycles. The molecule has 2 aromatic rings. The van der Waals surface area contributed by atoms with Crippen LogP contribution in [0.3, 0.4) is 0 Å². The zero-order chi connectivity index (χ0) is 17.3. The van der Waals surface area contributed by atoms with Crippen molar-refractivity contribution < 1.29 is 9.90 Å². The summed E-state index contributed by atoms with van der Waals surface area (Å²) in [4.78, 5) is 27.1. The zero-order valence-corrected chi connectivity index (χ0v) is 14.2. The Morgan fingerprint density at radius 1 is 1.25 bits per heavy atom. The predicted molar refractivity (Wildman–Crippen MR) is 91.9 cm³/mol. The van der Waals surface area contributed by atoms with Crippen molar-refractivity contribution in [3.63, 3.8) is 0 Å². The Hall–Kier alpha value is -2.50. The fourth-order valence-electron chi connectivity index (χ4n) is 3.23. The molecule has 2 aromatic heterocycles. The quantitative estimate of drug-likeness (QED) is 0.934. The summed E-state index contributed by atoms with van der Waals surface area (Å²) in [6.45, 7) is 7.32. The van der Waals surface area contributed by atoms with E-state index >= 15 is 0 Å². The fourth-order valence-corrected chi connectivity index (χ4v) is 3.23. The maximum atomic E-state index is 11.4. The van der Waals surface area contributed by atoms with Crippen LogP contribution < -0.4 is 4.90 Å². The van der Waals surface area contributed by atoms with Crippen molar-refractivity contribution in [2.75, 3.05) is 18.0 Å². The van der Waals surface area contributed by atoms with E-state index in [1.807, 2.05) is 32.0 Å². The number of anilines is 1. The molecule has 1 saturated heterocycles. The van der Waals surface area contributed by atoms with Gasteiger partial charge in [-0.3, -0.25) is 9.78 Å². The zero-order valence-electron chi connectivity index (χ0n) is 14.2. The lowest BCUT2D eigenvalue weighted by molar-refractivity contribution is -0.142. The van der Waals surface area contributed by atoms with Crippen LogP contribution in [0, 0.1) is 25.7 Å². The molecule has 0 amide bonds. The Morgan fingerprint density at radius 3 is 2.71 bits per heavy atom. The van der Waals surface area contributed by atoms with Gasteiger partial charge in [-0.2, -0.15) is 0 Å². The number of hydrogen-bond acceptors (Lipinski definition) is 5. The first-order valence-corrected chi connectivity index (χ1v) is 8.20. The van der Waals surface area contributed by atoms with Crippen molar-refractivity contribution in [2.45, 2.75) is 27.2 Å². The van der Waals surface area contributed by atoms with Gasteiger partial charge in [-0.1, -0.05) is 13.0 Å². The van der Waals surface area contributed by atoms with E-state index in [1.54, 1.807) is 6.20 Å². The second-order valence-corrected chi connectivity index (χ2v) is 6.58. The van der Waals surface area contributed by atoms with E-state index in [1.165, 1.54) is 0 Å². The minimum absolute atomic E-state index is 0.313. The van der Waals surface area contributed by atoms with Gasteiger partial charge in [0.25, 0.3) is 0 Å². The number of aliphatic carboxylic acids is 1. The summed E-state index contributed by atoms with van der Waals surface area (Å²) in [5.41, 5.74) is 2.61. The van der Waals surface area contributed by atoms with Gasteiger partial charge in [0.05, 0.1) is 5.92 Å². The van der Waals surface area contributed by atoms with E-state index in [0.717, 1.165) is 29.3 Å². The standard InChI is InChI=1S/C18H22N4O2/c1-11-8-14(18(23)24)10-22(9-11)17-12(2)13(3)20-16(21-17)15-6-4-5-7-19-15/h4-7,11,14H,8-10H2,1-3H3,(H,23,24). The van der Waals surface area contributed by atoms with E-state index < -0.39 is 5.97 Å². The van der Waals surface area contributed by atoms with E-state index in [0.29, 0.717) is 24.7 Å². The smallest absolute Gasteiger partial charge is 0.308 e. The highest BCUT2D eigenvalue weighted by molar-refractivity contribution is 5.71. The minimum Gasteiger partial charge on any atom is -0.481 e. The van der Waals surface area contributed by atoms with Gasteiger partial charge in [-0.25, -0.2) is 9.97 Å². The molecule has 1 N–H and O–H groups in total. The van der Waals surface area contributed by atoms with Crippen molar-refractivity contribution in [1.82, 2.24) is 15.0 Å². The number of rotatable bonds is 3. The van der Waals surface area contributed by atoms with E-state index in [2.05, 4.69) is 21.8 Å². The molecule has 126 valence electrons. The molecule has 0 bridgehead atoms. The molecule has 1 aliphatic heterocycles. The van der Waals surface area contributed by atoms with Crippen molar-refractivity contribution in [3.8, 4) is 11.5 Å². The summed E-state index contributed by atoms with van der Waals surface area (Å²) in [5.74, 6) is 0.620. The van der Waals surface area contributed by atoms with Gasteiger partial charge in [-0.15, -0.1) is 0 Å². The normalized spacial score (nSPS) is 20.9. The number of aryl methyl sites for hydroxylation is 1. The largest absolute Gasteiger partial charge is 0.481 e. The van der Waals surface area contributed by atoms with Gasteiger partial charge in [-0.05, 0) is 38.3 Å². The Labute approximate surface area is 141 Å². The summed E-state index contributed by atoms with van der Waals surface area (Å²) in [7, 11) is 0. The van der Waals surface area contributed by atoms with Crippen molar-refractivity contribution in [2.24, 2.45) is 11.8 Å². The molecule has 0 radical (unpaired) electrons. The van der Waals surface area contributed by atoms with Crippen LogP contribution in [0.5, 0.6) is 0 Å². The summed E-state index contributed by atoms with van der Waals surface area (Å²) in [6.07, 6.45) is 2.43. The fraction of sp³-hybridized carbons (Fsp3) is 0.444. The Kier molecular flexibility index (Phi) is 4.46. The monoisotopic (exact) mass is 326 g/mol. The third kappa shape index (κ3) is 3.22. The number of carbonyl (C=O) groups is 1. The van der Waals surface area contributed by atoms with Crippen molar-refractivity contribution in [3.05, 3.63) is 35.7 Å². The maximum Gasteiger partial charge on any atom is 0.308 e. The van der Waals surface area contributed by atoms with E-state index in [9.17, 15) is 9.90 Å². The van der Waals surface area contributed by atoms with Crippen LogP contribution in [0.15, 0.2) is 24.4 Å². The van der Waals surface area contributed by atoms with E-state index in [-0.39, 0.29) is 5.92 Å². The highest BCUT2D eigenvalue weighted by atomic mass is 16.4. The molecular formula is C18H22N4O2. The van der Waals surface area contributed by atoms with Crippen LogP contribution in [-0.2, 0) is 4.79 Å². The van der Waals surface area contributed by atoms with Crippen LogP contribution >= 0.6 is 0 Å². The first-order valence-electron chi connectivity index (χ1n) is 8.20. The molecule has 0 spiro atoms.